The third-order valence-electron chi connectivity index (χ3n) is 3.11. The van der Waals surface area contributed by atoms with E-state index in [0.717, 1.165) is 13.2 Å². The maximum Gasteiger partial charge on any atom is 0.0721 e. The molecule has 0 spiro atoms. The number of hydrogen-bond acceptors (Lipinski definition) is 2. The van der Waals surface area contributed by atoms with Crippen LogP contribution in [-0.4, -0.2) is 13.7 Å². The van der Waals surface area contributed by atoms with Gasteiger partial charge >= 0.3 is 0 Å². The molecule has 1 heterocycles. The van der Waals surface area contributed by atoms with Gasteiger partial charge in [0.25, 0.3) is 0 Å². The normalized spacial score (nSPS) is 20.6. The van der Waals surface area contributed by atoms with Crippen molar-refractivity contribution in [1.29, 1.82) is 0 Å². The Morgan fingerprint density at radius 2 is 2.14 bits per heavy atom. The molecule has 1 aliphatic heterocycles. The first-order valence-electron chi connectivity index (χ1n) is 5.08. The van der Waals surface area contributed by atoms with Crippen LogP contribution in [0.4, 0.5) is 0 Å². The second-order valence-corrected chi connectivity index (χ2v) is 3.94. The highest BCUT2D eigenvalue weighted by Crippen LogP contribution is 2.29. The van der Waals surface area contributed by atoms with Gasteiger partial charge in [-0.25, -0.2) is 0 Å². The number of nitrogens with one attached hydrogen (secondary N) is 1. The summed E-state index contributed by atoms with van der Waals surface area (Å²) in [5.74, 6) is 0. The Balaban J connectivity index is 2.53. The van der Waals surface area contributed by atoms with Gasteiger partial charge in [-0.15, -0.1) is 0 Å². The van der Waals surface area contributed by atoms with Gasteiger partial charge in [0.1, 0.15) is 0 Å². The SMILES string of the molecule is CN[C@H]1COCc2ccc(C)c(C)c21. The molecule has 1 aromatic carbocycles. The van der Waals surface area contributed by atoms with E-state index < -0.39 is 0 Å². The van der Waals surface area contributed by atoms with Crippen LogP contribution in [0.3, 0.4) is 0 Å². The molecule has 1 aliphatic rings. The monoisotopic (exact) mass is 191 g/mol. The lowest BCUT2D eigenvalue weighted by Crippen LogP contribution is -2.28. The van der Waals surface area contributed by atoms with Crippen LogP contribution < -0.4 is 5.32 Å². The quantitative estimate of drug-likeness (QED) is 0.734. The Labute approximate surface area is 85.3 Å². The summed E-state index contributed by atoms with van der Waals surface area (Å²) >= 11 is 0. The zero-order chi connectivity index (χ0) is 10.1. The van der Waals surface area contributed by atoms with Crippen molar-refractivity contribution in [2.24, 2.45) is 0 Å². The standard InChI is InChI=1S/C12H17NO/c1-8-4-5-10-6-14-7-11(13-3)12(10)9(8)2/h4-5,11,13H,6-7H2,1-3H3/t11-/m0/s1. The highest BCUT2D eigenvalue weighted by Gasteiger charge is 2.21. The minimum absolute atomic E-state index is 0.360. The summed E-state index contributed by atoms with van der Waals surface area (Å²) in [6, 6.07) is 4.72. The molecule has 0 saturated heterocycles. The van der Waals surface area contributed by atoms with Gasteiger partial charge in [-0.3, -0.25) is 0 Å². The highest BCUT2D eigenvalue weighted by atomic mass is 16.5. The number of aryl methyl sites for hydroxylation is 1. The van der Waals surface area contributed by atoms with Gasteiger partial charge < -0.3 is 10.1 Å². The summed E-state index contributed by atoms with van der Waals surface area (Å²) in [6.45, 7) is 5.91. The fourth-order valence-electron chi connectivity index (χ4n) is 2.10. The van der Waals surface area contributed by atoms with Gasteiger partial charge in [-0.2, -0.15) is 0 Å². The molecule has 2 heteroatoms. The van der Waals surface area contributed by atoms with Gasteiger partial charge in [0.05, 0.1) is 19.3 Å². The van der Waals surface area contributed by atoms with Gasteiger partial charge in [0.2, 0.25) is 0 Å². The number of hydrogen-bond donors (Lipinski definition) is 1. The Kier molecular flexibility index (Phi) is 2.57. The van der Waals surface area contributed by atoms with E-state index in [1.54, 1.807) is 0 Å². The van der Waals surface area contributed by atoms with Crippen LogP contribution in [0.15, 0.2) is 12.1 Å². The van der Waals surface area contributed by atoms with Crippen molar-refractivity contribution in [2.45, 2.75) is 26.5 Å². The Bertz CT molecular complexity index is 346. The van der Waals surface area contributed by atoms with Crippen molar-refractivity contribution in [3.05, 3.63) is 34.4 Å². The van der Waals surface area contributed by atoms with E-state index in [4.69, 9.17) is 4.74 Å². The van der Waals surface area contributed by atoms with E-state index in [2.05, 4.69) is 31.3 Å². The van der Waals surface area contributed by atoms with E-state index in [1.807, 2.05) is 7.05 Å². The fraction of sp³-hybridized carbons (Fsp3) is 0.500. The lowest BCUT2D eigenvalue weighted by atomic mass is 9.91. The Hall–Kier alpha value is -0.860. The van der Waals surface area contributed by atoms with Crippen molar-refractivity contribution >= 4 is 0 Å². The topological polar surface area (TPSA) is 21.3 Å². The molecule has 0 aromatic heterocycles. The van der Waals surface area contributed by atoms with Gasteiger partial charge in [-0.1, -0.05) is 12.1 Å². The highest BCUT2D eigenvalue weighted by molar-refractivity contribution is 5.42. The predicted octanol–water partition coefficient (Wildman–Crippen LogP) is 2.09. The average molecular weight is 191 g/mol. The van der Waals surface area contributed by atoms with E-state index >= 15 is 0 Å². The summed E-state index contributed by atoms with van der Waals surface area (Å²) in [5, 5.41) is 3.30. The summed E-state index contributed by atoms with van der Waals surface area (Å²) < 4.78 is 5.53. The predicted molar refractivity (Wildman–Crippen MR) is 57.4 cm³/mol. The van der Waals surface area contributed by atoms with Crippen molar-refractivity contribution < 1.29 is 4.74 Å². The molecule has 0 saturated carbocycles. The summed E-state index contributed by atoms with van der Waals surface area (Å²) in [5.41, 5.74) is 5.55. The lowest BCUT2D eigenvalue weighted by molar-refractivity contribution is 0.0841. The first-order valence-corrected chi connectivity index (χ1v) is 5.08. The van der Waals surface area contributed by atoms with Crippen molar-refractivity contribution in [1.82, 2.24) is 5.32 Å². The molecule has 1 aromatic rings. The van der Waals surface area contributed by atoms with Gasteiger partial charge in [0, 0.05) is 0 Å². The second-order valence-electron chi connectivity index (χ2n) is 3.94. The van der Waals surface area contributed by atoms with Crippen LogP contribution in [0.5, 0.6) is 0 Å². The molecule has 76 valence electrons. The number of ether oxygens (including phenoxy) is 1. The third kappa shape index (κ3) is 1.45. The molecule has 0 aliphatic carbocycles. The van der Waals surface area contributed by atoms with Crippen LogP contribution in [0.25, 0.3) is 0 Å². The molecule has 14 heavy (non-hydrogen) atoms. The molecule has 0 bridgehead atoms. The zero-order valence-corrected chi connectivity index (χ0v) is 9.05. The van der Waals surface area contributed by atoms with Crippen LogP contribution in [0.2, 0.25) is 0 Å². The van der Waals surface area contributed by atoms with E-state index in [0.29, 0.717) is 6.04 Å². The molecule has 1 atom stereocenters. The minimum atomic E-state index is 0.360. The molecule has 2 rings (SSSR count). The van der Waals surface area contributed by atoms with Crippen LogP contribution in [0.1, 0.15) is 28.3 Å². The summed E-state index contributed by atoms with van der Waals surface area (Å²) in [7, 11) is 1.99. The summed E-state index contributed by atoms with van der Waals surface area (Å²) in [4.78, 5) is 0. The first-order chi connectivity index (χ1) is 6.74. The van der Waals surface area contributed by atoms with Crippen LogP contribution in [-0.2, 0) is 11.3 Å². The molecular weight excluding hydrogens is 174 g/mol. The largest absolute Gasteiger partial charge is 0.375 e. The second kappa shape index (κ2) is 3.71. The van der Waals surface area contributed by atoms with Gasteiger partial charge in [0.15, 0.2) is 0 Å². The molecule has 0 amide bonds. The number of benzene rings is 1. The number of rotatable bonds is 1. The first kappa shape index (κ1) is 9.69. The maximum absolute atomic E-state index is 5.53. The van der Waals surface area contributed by atoms with E-state index in [1.165, 1.54) is 22.3 Å². The minimum Gasteiger partial charge on any atom is -0.375 e. The summed E-state index contributed by atoms with van der Waals surface area (Å²) in [6.07, 6.45) is 0. The van der Waals surface area contributed by atoms with Crippen molar-refractivity contribution in [3.8, 4) is 0 Å². The number of likely N-dealkylation sites (N-methyl/N-ethyl adjacent to an activating group) is 1. The maximum atomic E-state index is 5.53. The molecule has 0 fully saturated rings. The molecule has 0 radical (unpaired) electrons. The van der Waals surface area contributed by atoms with Gasteiger partial charge in [-0.05, 0) is 43.1 Å². The van der Waals surface area contributed by atoms with Crippen LogP contribution in [0, 0.1) is 13.8 Å². The lowest BCUT2D eigenvalue weighted by Gasteiger charge is -2.28. The smallest absolute Gasteiger partial charge is 0.0721 e. The average Bonchev–Trinajstić information content (AvgIpc) is 2.23. The van der Waals surface area contributed by atoms with E-state index in [-0.39, 0.29) is 0 Å². The Morgan fingerprint density at radius 3 is 2.86 bits per heavy atom. The number of fused-ring (bicyclic) bond motifs is 1. The molecule has 2 nitrogen and oxygen atoms in total. The molecular formula is C12H17NO. The zero-order valence-electron chi connectivity index (χ0n) is 9.05. The van der Waals surface area contributed by atoms with Crippen molar-refractivity contribution in [3.63, 3.8) is 0 Å². The molecule has 0 unspecified atom stereocenters. The molecule has 1 N–H and O–H groups in total. The van der Waals surface area contributed by atoms with Crippen molar-refractivity contribution in [2.75, 3.05) is 13.7 Å². The van der Waals surface area contributed by atoms with Crippen LogP contribution >= 0.6 is 0 Å². The van der Waals surface area contributed by atoms with E-state index in [9.17, 15) is 0 Å². The third-order valence-corrected chi connectivity index (χ3v) is 3.11. The fourth-order valence-corrected chi connectivity index (χ4v) is 2.10. The Morgan fingerprint density at radius 1 is 1.36 bits per heavy atom.